The van der Waals surface area contributed by atoms with E-state index in [2.05, 4.69) is 52.2 Å². The maximum Gasteiger partial charge on any atom is 0.254 e. The highest BCUT2D eigenvalue weighted by molar-refractivity contribution is 7.13. The number of aliphatic hydroxyl groups is 1. The van der Waals surface area contributed by atoms with E-state index in [0.717, 1.165) is 60.2 Å². The van der Waals surface area contributed by atoms with E-state index in [1.54, 1.807) is 47.7 Å². The molecule has 1 aliphatic rings. The van der Waals surface area contributed by atoms with Gasteiger partial charge in [0, 0.05) is 65.0 Å². The van der Waals surface area contributed by atoms with Crippen LogP contribution in [0.2, 0.25) is 0 Å². The van der Waals surface area contributed by atoms with Crippen molar-refractivity contribution in [3.63, 3.8) is 0 Å². The van der Waals surface area contributed by atoms with Gasteiger partial charge in [-0.25, -0.2) is 15.0 Å². The lowest BCUT2D eigenvalue weighted by atomic mass is 9.85. The number of anilines is 4. The molecule has 0 radical (unpaired) electrons. The molecule has 4 heterocycles. The smallest absolute Gasteiger partial charge is 0.254 e. The lowest BCUT2D eigenvalue weighted by Crippen LogP contribution is -2.57. The molecule has 5 aromatic rings. The van der Waals surface area contributed by atoms with E-state index in [-0.39, 0.29) is 66.9 Å². The molecule has 0 saturated carbocycles. The lowest BCUT2D eigenvalue weighted by Gasteiger charge is -2.35. The number of aryl methyl sites for hydroxylation is 1. The van der Waals surface area contributed by atoms with Gasteiger partial charge >= 0.3 is 0 Å². The lowest BCUT2D eigenvalue weighted by molar-refractivity contribution is -0.144. The van der Waals surface area contributed by atoms with E-state index in [0.29, 0.717) is 52.9 Å². The number of pyridine rings is 2. The largest absolute Gasteiger partial charge is 0.494 e. The van der Waals surface area contributed by atoms with Crippen LogP contribution in [-0.4, -0.2) is 113 Å². The third-order valence-electron chi connectivity index (χ3n) is 12.7. The van der Waals surface area contributed by atoms with Crippen molar-refractivity contribution in [3.8, 4) is 16.2 Å². The molecular formula is C54H69N11O8S. The van der Waals surface area contributed by atoms with Gasteiger partial charge in [0.2, 0.25) is 17.7 Å². The number of rotatable bonds is 24. The summed E-state index contributed by atoms with van der Waals surface area (Å²) < 4.78 is 5.55. The van der Waals surface area contributed by atoms with Crippen LogP contribution in [0.25, 0.3) is 10.4 Å². The number of β-amino-alcohol motifs (C(OH)–C–C–N with tert-alkyl or cyclic N) is 1. The molecule has 20 heteroatoms. The number of carbonyl (C=O) groups is 6. The molecule has 3 atom stereocenters. The van der Waals surface area contributed by atoms with E-state index in [9.17, 15) is 33.9 Å². The van der Waals surface area contributed by atoms with Crippen molar-refractivity contribution < 1.29 is 38.6 Å². The van der Waals surface area contributed by atoms with E-state index >= 15 is 0 Å². The number of para-hydroxylation sites is 1. The Morgan fingerprint density at radius 2 is 1.47 bits per heavy atom. The SMILES string of the molecule is CNC(=O)c1cnc(Nc2ccc(C(=O)NCCCCCCCCCC(=O)NC(C(=O)N3CC(O)CC3C(=O)NCc3ccc(-c4scnc4C)cc3)C(C)(C)C)cn2)cc1Nc1cccc(C(=O)NC)c1OC. The highest BCUT2D eigenvalue weighted by Gasteiger charge is 2.44. The van der Waals surface area contributed by atoms with Crippen molar-refractivity contribution in [3.05, 3.63) is 107 Å². The van der Waals surface area contributed by atoms with Gasteiger partial charge in [-0.15, -0.1) is 11.3 Å². The van der Waals surface area contributed by atoms with Crippen LogP contribution in [-0.2, 0) is 20.9 Å². The van der Waals surface area contributed by atoms with Crippen LogP contribution in [0.5, 0.6) is 5.75 Å². The Hall–Kier alpha value is -7.45. The van der Waals surface area contributed by atoms with E-state index in [1.165, 1.54) is 38.5 Å². The van der Waals surface area contributed by atoms with Crippen LogP contribution in [0.15, 0.2) is 78.6 Å². The Morgan fingerprint density at radius 3 is 2.12 bits per heavy atom. The average Bonchev–Trinajstić information content (AvgIpc) is 4.01. The number of nitrogens with zero attached hydrogens (tertiary/aromatic N) is 4. The monoisotopic (exact) mass is 1030 g/mol. The quantitative estimate of drug-likeness (QED) is 0.0297. The van der Waals surface area contributed by atoms with E-state index in [4.69, 9.17) is 4.74 Å². The van der Waals surface area contributed by atoms with Gasteiger partial charge in [0.15, 0.2) is 5.75 Å². The number of aromatic nitrogens is 3. The molecule has 1 fully saturated rings. The van der Waals surface area contributed by atoms with E-state index in [1.807, 2.05) is 57.5 Å². The minimum atomic E-state index is -0.881. The normalized spacial score (nSPS) is 14.6. The Kier molecular flexibility index (Phi) is 20.0. The molecule has 74 heavy (non-hydrogen) atoms. The van der Waals surface area contributed by atoms with Crippen LogP contribution >= 0.6 is 11.3 Å². The fourth-order valence-corrected chi connectivity index (χ4v) is 9.41. The topological polar surface area (TPSA) is 258 Å². The number of carbonyl (C=O) groups excluding carboxylic acids is 6. The number of unbranched alkanes of at least 4 members (excludes halogenated alkanes) is 6. The first-order valence-electron chi connectivity index (χ1n) is 25.0. The summed E-state index contributed by atoms with van der Waals surface area (Å²) in [5, 5.41) is 30.9. The van der Waals surface area contributed by atoms with Gasteiger partial charge in [0.1, 0.15) is 23.7 Å². The van der Waals surface area contributed by atoms with Crippen molar-refractivity contribution in [2.24, 2.45) is 5.41 Å². The van der Waals surface area contributed by atoms with Gasteiger partial charge in [-0.05, 0) is 60.6 Å². The summed E-state index contributed by atoms with van der Waals surface area (Å²) in [7, 11) is 4.49. The van der Waals surface area contributed by atoms with Crippen molar-refractivity contribution in [2.75, 3.05) is 44.9 Å². The summed E-state index contributed by atoms with van der Waals surface area (Å²) in [5.74, 6) is -0.838. The predicted molar refractivity (Wildman–Crippen MR) is 286 cm³/mol. The first kappa shape index (κ1) is 55.9. The summed E-state index contributed by atoms with van der Waals surface area (Å²) in [5.41, 5.74) is 5.90. The third kappa shape index (κ3) is 15.1. The first-order chi connectivity index (χ1) is 35.5. The number of nitrogens with one attached hydrogen (secondary N) is 7. The first-order valence-corrected chi connectivity index (χ1v) is 25.8. The van der Waals surface area contributed by atoms with Crippen molar-refractivity contribution in [1.82, 2.24) is 46.4 Å². The Labute approximate surface area is 436 Å². The molecule has 0 bridgehead atoms. The van der Waals surface area contributed by atoms with E-state index < -0.39 is 23.6 Å². The number of thiazole rings is 1. The van der Waals surface area contributed by atoms with Gasteiger partial charge in [-0.3, -0.25) is 28.8 Å². The molecule has 1 aliphatic heterocycles. The predicted octanol–water partition coefficient (Wildman–Crippen LogP) is 6.78. The zero-order valence-corrected chi connectivity index (χ0v) is 44.0. The zero-order valence-electron chi connectivity index (χ0n) is 43.2. The molecular weight excluding hydrogens is 963 g/mol. The summed E-state index contributed by atoms with van der Waals surface area (Å²) >= 11 is 1.57. The molecule has 0 aliphatic carbocycles. The Balaban J connectivity index is 0.876. The molecule has 19 nitrogen and oxygen atoms in total. The van der Waals surface area contributed by atoms with Crippen LogP contribution in [0.4, 0.5) is 23.0 Å². The number of hydrogen-bond acceptors (Lipinski definition) is 14. The number of aliphatic hydroxyl groups excluding tert-OH is 1. The Bertz CT molecular complexity index is 2740. The maximum absolute atomic E-state index is 14.0. The third-order valence-corrected chi connectivity index (χ3v) is 13.7. The van der Waals surface area contributed by atoms with Crippen LogP contribution in [0, 0.1) is 12.3 Å². The molecule has 0 spiro atoms. The standard InChI is InChI=1S/C54H69N11O8S/c1-33-47(74-32-61-33)35-21-19-34(20-22-35)28-60-52(71)42-26-37(66)31-65(42)53(72)48(54(2,3)4)64-45(67)18-13-11-9-8-10-12-14-25-57-49(68)36-23-24-43(58-29-36)63-44-27-41(39(30-59-44)51(70)56-6)62-40-17-15-16-38(46(40)73-7)50(69)55-5/h15-17,19-24,27,29-30,32,37,42,48,66H,8-14,18,25-26,28,31H2,1-7H3,(H,55,69)(H,56,70)(H,57,68)(H,60,71)(H,64,67)(H2,58,59,62,63). The maximum atomic E-state index is 14.0. The minimum Gasteiger partial charge on any atom is -0.494 e. The summed E-state index contributed by atoms with van der Waals surface area (Å²) in [6, 6.07) is 16.1. The van der Waals surface area contributed by atoms with Crippen molar-refractivity contribution in [2.45, 2.75) is 110 Å². The fourth-order valence-electron chi connectivity index (χ4n) is 8.60. The highest BCUT2D eigenvalue weighted by atomic mass is 32.1. The zero-order chi connectivity index (χ0) is 53.4. The molecule has 394 valence electrons. The van der Waals surface area contributed by atoms with Crippen LogP contribution < -0.4 is 42.0 Å². The number of likely N-dealkylation sites (tertiary alicyclic amines) is 1. The van der Waals surface area contributed by atoms with Crippen LogP contribution in [0.1, 0.15) is 121 Å². The van der Waals surface area contributed by atoms with Gasteiger partial charge in [0.05, 0.1) is 57.4 Å². The van der Waals surface area contributed by atoms with Crippen LogP contribution in [0.3, 0.4) is 0 Å². The summed E-state index contributed by atoms with van der Waals surface area (Å²) in [6.07, 6.45) is 8.56. The molecule has 1 saturated heterocycles. The number of amides is 6. The van der Waals surface area contributed by atoms with Gasteiger partial charge in [-0.1, -0.05) is 83.2 Å². The minimum absolute atomic E-state index is 0.0110. The highest BCUT2D eigenvalue weighted by Crippen LogP contribution is 2.34. The second kappa shape index (κ2) is 26.5. The van der Waals surface area contributed by atoms with Crippen molar-refractivity contribution >= 4 is 69.8 Å². The molecule has 8 N–H and O–H groups in total. The Morgan fingerprint density at radius 1 is 0.784 bits per heavy atom. The molecule has 3 aromatic heterocycles. The summed E-state index contributed by atoms with van der Waals surface area (Å²) in [4.78, 5) is 94.4. The number of hydrogen-bond donors (Lipinski definition) is 8. The number of ether oxygens (including phenoxy) is 1. The van der Waals surface area contributed by atoms with Crippen molar-refractivity contribution in [1.29, 1.82) is 0 Å². The molecule has 2 aromatic carbocycles. The van der Waals surface area contributed by atoms with Gasteiger partial charge < -0.3 is 52.0 Å². The fraction of sp³-hybridized carbons (Fsp3) is 0.426. The molecule has 3 unspecified atom stereocenters. The second-order valence-corrected chi connectivity index (χ2v) is 20.1. The average molecular weight is 1030 g/mol. The number of methoxy groups -OCH3 is 1. The van der Waals surface area contributed by atoms with Gasteiger partial charge in [-0.2, -0.15) is 0 Å². The van der Waals surface area contributed by atoms with Gasteiger partial charge in [0.25, 0.3) is 17.7 Å². The number of benzene rings is 2. The second-order valence-electron chi connectivity index (χ2n) is 19.3. The molecule has 6 rings (SSSR count). The summed E-state index contributed by atoms with van der Waals surface area (Å²) in [6.45, 7) is 8.37. The molecule has 6 amide bonds.